The Kier molecular flexibility index (Phi) is 5.93. The first-order chi connectivity index (χ1) is 16.2. The van der Waals surface area contributed by atoms with Crippen LogP contribution in [0.4, 0.5) is 5.00 Å². The quantitative estimate of drug-likeness (QED) is 0.363. The Morgan fingerprint density at radius 2 is 1.73 bits per heavy atom. The Bertz CT molecular complexity index is 1380. The van der Waals surface area contributed by atoms with Crippen LogP contribution in [0.2, 0.25) is 0 Å². The first kappa shape index (κ1) is 21.4. The fraction of sp³-hybridized carbons (Fsp3) is 0.250. The van der Waals surface area contributed by atoms with Crippen LogP contribution in [0.25, 0.3) is 22.2 Å². The number of thiophene rings is 1. The molecule has 1 N–H and O–H groups in total. The second-order valence-electron chi connectivity index (χ2n) is 8.53. The van der Waals surface area contributed by atoms with Crippen molar-refractivity contribution in [2.75, 3.05) is 5.32 Å². The molecule has 5 rings (SSSR count). The summed E-state index contributed by atoms with van der Waals surface area (Å²) in [7, 11) is 0. The third kappa shape index (κ3) is 4.03. The summed E-state index contributed by atoms with van der Waals surface area (Å²) in [5.74, 6) is -0.186. The molecule has 2 aromatic heterocycles. The number of aromatic nitrogens is 1. The number of pyridine rings is 1. The van der Waals surface area contributed by atoms with E-state index in [0.717, 1.165) is 59.0 Å². The fourth-order valence-corrected chi connectivity index (χ4v) is 6.00. The number of aryl methyl sites for hydroxylation is 1. The van der Waals surface area contributed by atoms with Crippen molar-refractivity contribution in [3.05, 3.63) is 81.7 Å². The molecular formula is C28H25N3OS. The van der Waals surface area contributed by atoms with Crippen LogP contribution in [-0.4, -0.2) is 10.9 Å². The molecule has 0 saturated carbocycles. The molecule has 0 aliphatic heterocycles. The van der Waals surface area contributed by atoms with Gasteiger partial charge in [-0.05, 0) is 49.8 Å². The van der Waals surface area contributed by atoms with Gasteiger partial charge in [-0.2, -0.15) is 5.26 Å². The SMILES string of the molecule is Cc1c(-c2ccccc2)nc2ccccc2c1C(=O)Nc1sc2c(c1C#N)CCCCCC2. The fourth-order valence-electron chi connectivity index (χ4n) is 4.77. The number of carbonyl (C=O) groups excluding carboxylic acids is 1. The van der Waals surface area contributed by atoms with Crippen LogP contribution < -0.4 is 5.32 Å². The van der Waals surface area contributed by atoms with Gasteiger partial charge >= 0.3 is 0 Å². The average Bonchev–Trinajstić information content (AvgIpc) is 3.13. The molecule has 4 nitrogen and oxygen atoms in total. The predicted molar refractivity (Wildman–Crippen MR) is 135 cm³/mol. The topological polar surface area (TPSA) is 65.8 Å². The van der Waals surface area contributed by atoms with Crippen molar-refractivity contribution >= 4 is 33.1 Å². The molecule has 5 heteroatoms. The lowest BCUT2D eigenvalue weighted by molar-refractivity contribution is 0.102. The monoisotopic (exact) mass is 451 g/mol. The van der Waals surface area contributed by atoms with E-state index in [4.69, 9.17) is 4.98 Å². The van der Waals surface area contributed by atoms with Crippen LogP contribution in [0.5, 0.6) is 0 Å². The summed E-state index contributed by atoms with van der Waals surface area (Å²) in [6, 6.07) is 20.1. The van der Waals surface area contributed by atoms with Gasteiger partial charge in [-0.3, -0.25) is 4.79 Å². The van der Waals surface area contributed by atoms with Gasteiger partial charge in [0, 0.05) is 15.8 Å². The van der Waals surface area contributed by atoms with Crippen LogP contribution in [0, 0.1) is 18.3 Å². The van der Waals surface area contributed by atoms with E-state index < -0.39 is 0 Å². The first-order valence-corrected chi connectivity index (χ1v) is 12.3. The van der Waals surface area contributed by atoms with Crippen LogP contribution in [0.15, 0.2) is 54.6 Å². The number of nitriles is 1. The molecule has 0 saturated heterocycles. The third-order valence-electron chi connectivity index (χ3n) is 6.42. The molecule has 1 aliphatic rings. The van der Waals surface area contributed by atoms with Crippen molar-refractivity contribution in [2.24, 2.45) is 0 Å². The molecule has 0 radical (unpaired) electrons. The van der Waals surface area contributed by atoms with E-state index in [0.29, 0.717) is 16.1 Å². The minimum atomic E-state index is -0.186. The van der Waals surface area contributed by atoms with Gasteiger partial charge in [0.15, 0.2) is 0 Å². The molecule has 1 aliphatic carbocycles. The highest BCUT2D eigenvalue weighted by Crippen LogP contribution is 2.37. The van der Waals surface area contributed by atoms with Crippen molar-refractivity contribution in [3.8, 4) is 17.3 Å². The number of nitrogens with zero attached hydrogens (tertiary/aromatic N) is 2. The Labute approximate surface area is 197 Å². The van der Waals surface area contributed by atoms with Gasteiger partial charge in [-0.25, -0.2) is 4.98 Å². The van der Waals surface area contributed by atoms with E-state index in [1.165, 1.54) is 17.7 Å². The molecule has 0 spiro atoms. The van der Waals surface area contributed by atoms with Crippen molar-refractivity contribution in [1.82, 2.24) is 4.98 Å². The largest absolute Gasteiger partial charge is 0.312 e. The predicted octanol–water partition coefficient (Wildman–Crippen LogP) is 7.05. The zero-order valence-corrected chi connectivity index (χ0v) is 19.5. The van der Waals surface area contributed by atoms with E-state index in [2.05, 4.69) is 11.4 Å². The lowest BCUT2D eigenvalue weighted by atomic mass is 9.96. The Morgan fingerprint density at radius 3 is 2.52 bits per heavy atom. The number of anilines is 1. The number of fused-ring (bicyclic) bond motifs is 2. The van der Waals surface area contributed by atoms with Gasteiger partial charge in [0.2, 0.25) is 0 Å². The summed E-state index contributed by atoms with van der Waals surface area (Å²) in [5.41, 5.74) is 5.80. The smallest absolute Gasteiger partial charge is 0.257 e. The van der Waals surface area contributed by atoms with Gasteiger partial charge in [0.1, 0.15) is 11.1 Å². The summed E-state index contributed by atoms with van der Waals surface area (Å²) in [6.45, 7) is 1.95. The second-order valence-corrected chi connectivity index (χ2v) is 9.64. The molecule has 1 amide bonds. The van der Waals surface area contributed by atoms with Crippen LogP contribution in [0.3, 0.4) is 0 Å². The molecule has 33 heavy (non-hydrogen) atoms. The molecule has 4 aromatic rings. The van der Waals surface area contributed by atoms with E-state index in [1.54, 1.807) is 11.3 Å². The van der Waals surface area contributed by atoms with Crippen LogP contribution in [-0.2, 0) is 12.8 Å². The highest BCUT2D eigenvalue weighted by Gasteiger charge is 2.23. The molecule has 0 fully saturated rings. The van der Waals surface area contributed by atoms with E-state index >= 15 is 0 Å². The van der Waals surface area contributed by atoms with Crippen molar-refractivity contribution in [1.29, 1.82) is 5.26 Å². The standard InChI is InChI=1S/C28H25N3OS/c1-18-25(21-14-9-10-15-23(21)30-26(18)19-11-5-4-6-12-19)27(32)31-28-22(17-29)20-13-7-2-3-8-16-24(20)33-28/h4-6,9-12,14-15H,2-3,7-8,13,16H2,1H3,(H,31,32). The number of para-hydroxylation sites is 1. The summed E-state index contributed by atoms with van der Waals surface area (Å²) in [5, 5.41) is 14.5. The zero-order valence-electron chi connectivity index (χ0n) is 18.6. The number of carbonyl (C=O) groups is 1. The Hall–Kier alpha value is -3.49. The maximum absolute atomic E-state index is 13.7. The lowest BCUT2D eigenvalue weighted by Gasteiger charge is -2.14. The number of amides is 1. The van der Waals surface area contributed by atoms with E-state index in [1.807, 2.05) is 61.5 Å². The first-order valence-electron chi connectivity index (χ1n) is 11.5. The Balaban J connectivity index is 1.61. The maximum atomic E-state index is 13.7. The van der Waals surface area contributed by atoms with Gasteiger partial charge in [0.25, 0.3) is 5.91 Å². The minimum absolute atomic E-state index is 0.186. The van der Waals surface area contributed by atoms with Crippen molar-refractivity contribution in [3.63, 3.8) is 0 Å². The normalized spacial score (nSPS) is 13.6. The molecule has 2 heterocycles. The zero-order chi connectivity index (χ0) is 22.8. The average molecular weight is 452 g/mol. The van der Waals surface area contributed by atoms with Crippen LogP contribution in [0.1, 0.15) is 57.6 Å². The molecule has 164 valence electrons. The summed E-state index contributed by atoms with van der Waals surface area (Å²) >= 11 is 1.57. The number of hydrogen-bond donors (Lipinski definition) is 1. The summed E-state index contributed by atoms with van der Waals surface area (Å²) in [4.78, 5) is 19.8. The minimum Gasteiger partial charge on any atom is -0.312 e. The van der Waals surface area contributed by atoms with Crippen molar-refractivity contribution in [2.45, 2.75) is 45.4 Å². The van der Waals surface area contributed by atoms with Gasteiger partial charge < -0.3 is 5.32 Å². The van der Waals surface area contributed by atoms with Crippen molar-refractivity contribution < 1.29 is 4.79 Å². The van der Waals surface area contributed by atoms with Gasteiger partial charge in [-0.15, -0.1) is 11.3 Å². The highest BCUT2D eigenvalue weighted by atomic mass is 32.1. The maximum Gasteiger partial charge on any atom is 0.257 e. The molecule has 2 aromatic carbocycles. The second kappa shape index (κ2) is 9.17. The lowest BCUT2D eigenvalue weighted by Crippen LogP contribution is -2.15. The summed E-state index contributed by atoms with van der Waals surface area (Å²) < 4.78 is 0. The molecular weight excluding hydrogens is 426 g/mol. The number of nitrogens with one attached hydrogen (secondary N) is 1. The number of rotatable bonds is 3. The number of hydrogen-bond acceptors (Lipinski definition) is 4. The highest BCUT2D eigenvalue weighted by molar-refractivity contribution is 7.16. The molecule has 0 bridgehead atoms. The van der Waals surface area contributed by atoms with Gasteiger partial charge in [-0.1, -0.05) is 61.4 Å². The van der Waals surface area contributed by atoms with E-state index in [-0.39, 0.29) is 5.91 Å². The van der Waals surface area contributed by atoms with Crippen LogP contribution >= 0.6 is 11.3 Å². The van der Waals surface area contributed by atoms with E-state index in [9.17, 15) is 10.1 Å². The Morgan fingerprint density at radius 1 is 1.00 bits per heavy atom. The third-order valence-corrected chi connectivity index (χ3v) is 7.63. The summed E-state index contributed by atoms with van der Waals surface area (Å²) in [6.07, 6.45) is 6.57. The van der Waals surface area contributed by atoms with Gasteiger partial charge in [0.05, 0.1) is 22.3 Å². The number of benzene rings is 2. The molecule has 0 atom stereocenters. The molecule has 0 unspecified atom stereocenters.